The van der Waals surface area contributed by atoms with E-state index in [1.807, 2.05) is 0 Å². The Bertz CT molecular complexity index is 1300. The maximum atomic E-state index is 12.7. The molecule has 0 aliphatic carbocycles. The van der Waals surface area contributed by atoms with E-state index in [0.29, 0.717) is 0 Å². The molecule has 2 heterocycles. The summed E-state index contributed by atoms with van der Waals surface area (Å²) in [7, 11) is 0. The summed E-state index contributed by atoms with van der Waals surface area (Å²) in [6.07, 6.45) is -8.65. The summed E-state index contributed by atoms with van der Waals surface area (Å²) in [4.78, 5) is 12.7. The number of aromatic hydroxyl groups is 5. The van der Waals surface area contributed by atoms with Gasteiger partial charge in [0.15, 0.2) is 28.3 Å². The van der Waals surface area contributed by atoms with Crippen molar-refractivity contribution in [3.63, 3.8) is 0 Å². The normalized spacial score (nSPS) is 24.9. The Labute approximate surface area is 189 Å². The number of rotatable bonds is 4. The van der Waals surface area contributed by atoms with Gasteiger partial charge in [0.05, 0.1) is 6.61 Å². The van der Waals surface area contributed by atoms with Crippen LogP contribution >= 0.6 is 0 Å². The molecule has 0 amide bonds. The number of benzene rings is 2. The summed E-state index contributed by atoms with van der Waals surface area (Å²) in [5.74, 6) is -5.28. The van der Waals surface area contributed by atoms with E-state index in [-0.39, 0.29) is 11.3 Å². The molecule has 182 valence electrons. The van der Waals surface area contributed by atoms with Gasteiger partial charge in [-0.15, -0.1) is 0 Å². The molecule has 13 nitrogen and oxygen atoms in total. The maximum Gasteiger partial charge on any atom is 0.229 e. The number of hydrogen-bond donors (Lipinski definition) is 9. The van der Waals surface area contributed by atoms with E-state index in [1.54, 1.807) is 0 Å². The molecule has 4 rings (SSSR count). The lowest BCUT2D eigenvalue weighted by atomic mass is 9.99. The lowest BCUT2D eigenvalue weighted by molar-refractivity contribution is -0.277. The Morgan fingerprint density at radius 3 is 2.21 bits per heavy atom. The zero-order valence-electron chi connectivity index (χ0n) is 17.1. The zero-order chi connectivity index (χ0) is 24.9. The Hall–Kier alpha value is -3.75. The lowest BCUT2D eigenvalue weighted by Gasteiger charge is -2.39. The first-order valence-electron chi connectivity index (χ1n) is 9.79. The number of ether oxygens (including phenoxy) is 2. The van der Waals surface area contributed by atoms with Gasteiger partial charge < -0.3 is 59.8 Å². The van der Waals surface area contributed by atoms with Gasteiger partial charge in [-0.25, -0.2) is 0 Å². The fourth-order valence-electron chi connectivity index (χ4n) is 3.53. The fourth-order valence-corrected chi connectivity index (χ4v) is 3.53. The van der Waals surface area contributed by atoms with Crippen molar-refractivity contribution in [1.82, 2.24) is 0 Å². The highest BCUT2D eigenvalue weighted by Gasteiger charge is 2.45. The van der Waals surface area contributed by atoms with Crippen LogP contribution in [-0.2, 0) is 4.74 Å². The minimum atomic E-state index is -1.91. The Balaban J connectivity index is 1.89. The van der Waals surface area contributed by atoms with Crippen LogP contribution in [0, 0.1) is 0 Å². The smallest absolute Gasteiger partial charge is 0.229 e. The fraction of sp³-hybridized carbons (Fsp3) is 0.286. The van der Waals surface area contributed by atoms with Crippen LogP contribution in [0.15, 0.2) is 33.5 Å². The Morgan fingerprint density at radius 2 is 1.56 bits per heavy atom. The summed E-state index contributed by atoms with van der Waals surface area (Å²) < 4.78 is 16.2. The van der Waals surface area contributed by atoms with Crippen molar-refractivity contribution < 1.29 is 59.8 Å². The van der Waals surface area contributed by atoms with Crippen LogP contribution in [0.25, 0.3) is 22.3 Å². The first-order chi connectivity index (χ1) is 16.0. The average molecular weight is 480 g/mol. The largest absolute Gasteiger partial charge is 0.504 e. The highest BCUT2D eigenvalue weighted by Crippen LogP contribution is 2.49. The molecule has 1 aromatic heterocycles. The molecule has 0 saturated carbocycles. The topological polar surface area (TPSA) is 231 Å². The number of fused-ring (bicyclic) bond motifs is 1. The predicted octanol–water partition coefficient (Wildman–Crippen LogP) is -0.833. The van der Waals surface area contributed by atoms with E-state index in [1.165, 1.54) is 6.07 Å². The highest BCUT2D eigenvalue weighted by molar-refractivity contribution is 5.94. The van der Waals surface area contributed by atoms with Gasteiger partial charge in [-0.3, -0.25) is 4.79 Å². The molecule has 1 saturated heterocycles. The molecule has 2 aromatic carbocycles. The molecular formula is C21H20O13. The number of aliphatic hydroxyl groups is 4. The molecule has 5 unspecified atom stereocenters. The predicted molar refractivity (Wildman–Crippen MR) is 111 cm³/mol. The SMILES string of the molecule is O=c1cc(-c2ccc(O)c(O)c2)oc2c(OC3OC(CO)C(O)C(O)C3O)c(O)c(O)c(O)c12. The molecular weight excluding hydrogens is 460 g/mol. The first-order valence-corrected chi connectivity index (χ1v) is 9.79. The molecule has 0 radical (unpaired) electrons. The van der Waals surface area contributed by atoms with Crippen LogP contribution in [0.1, 0.15) is 0 Å². The highest BCUT2D eigenvalue weighted by atomic mass is 16.7. The van der Waals surface area contributed by atoms with E-state index < -0.39 is 88.2 Å². The van der Waals surface area contributed by atoms with E-state index >= 15 is 0 Å². The van der Waals surface area contributed by atoms with Crippen LogP contribution in [0.2, 0.25) is 0 Å². The lowest BCUT2D eigenvalue weighted by Crippen LogP contribution is -2.60. The van der Waals surface area contributed by atoms with Gasteiger partial charge in [0.25, 0.3) is 0 Å². The third-order valence-electron chi connectivity index (χ3n) is 5.40. The molecule has 0 bridgehead atoms. The Morgan fingerprint density at radius 1 is 0.853 bits per heavy atom. The van der Waals surface area contributed by atoms with Crippen LogP contribution in [-0.4, -0.2) is 83.3 Å². The monoisotopic (exact) mass is 480 g/mol. The van der Waals surface area contributed by atoms with Crippen LogP contribution in [0.4, 0.5) is 0 Å². The molecule has 13 heteroatoms. The quantitative estimate of drug-likeness (QED) is 0.208. The van der Waals surface area contributed by atoms with Crippen molar-refractivity contribution in [2.75, 3.05) is 6.61 Å². The summed E-state index contributed by atoms with van der Waals surface area (Å²) in [5.41, 5.74) is -1.42. The van der Waals surface area contributed by atoms with Gasteiger partial charge in [0, 0.05) is 11.6 Å². The molecule has 9 N–H and O–H groups in total. The van der Waals surface area contributed by atoms with E-state index in [2.05, 4.69) is 0 Å². The summed E-state index contributed by atoms with van der Waals surface area (Å²) in [5, 5.41) is 88.8. The number of phenols is 5. The number of hydrogen-bond acceptors (Lipinski definition) is 13. The molecule has 0 spiro atoms. The van der Waals surface area contributed by atoms with Crippen LogP contribution in [0.3, 0.4) is 0 Å². The van der Waals surface area contributed by atoms with Crippen molar-refractivity contribution in [1.29, 1.82) is 0 Å². The molecule has 1 aliphatic rings. The zero-order valence-corrected chi connectivity index (χ0v) is 17.1. The van der Waals surface area contributed by atoms with Gasteiger partial charge in [-0.2, -0.15) is 0 Å². The number of phenolic OH excluding ortho intramolecular Hbond substituents is 5. The second kappa shape index (κ2) is 8.55. The molecule has 5 atom stereocenters. The molecule has 1 aliphatic heterocycles. The van der Waals surface area contributed by atoms with Crippen molar-refractivity contribution >= 4 is 11.0 Å². The molecule has 34 heavy (non-hydrogen) atoms. The minimum Gasteiger partial charge on any atom is -0.504 e. The maximum absolute atomic E-state index is 12.7. The second-order valence-corrected chi connectivity index (χ2v) is 7.57. The minimum absolute atomic E-state index is 0.0974. The third kappa shape index (κ3) is 3.70. The summed E-state index contributed by atoms with van der Waals surface area (Å²) in [6, 6.07) is 4.38. The summed E-state index contributed by atoms with van der Waals surface area (Å²) >= 11 is 0. The number of aliphatic hydroxyl groups excluding tert-OH is 4. The van der Waals surface area contributed by atoms with E-state index in [9.17, 15) is 50.8 Å². The van der Waals surface area contributed by atoms with Crippen molar-refractivity contribution in [3.05, 3.63) is 34.5 Å². The van der Waals surface area contributed by atoms with Crippen molar-refractivity contribution in [3.8, 4) is 45.8 Å². The third-order valence-corrected chi connectivity index (χ3v) is 5.40. The van der Waals surface area contributed by atoms with E-state index in [4.69, 9.17) is 13.9 Å². The Kier molecular flexibility index (Phi) is 5.89. The van der Waals surface area contributed by atoms with Gasteiger partial charge >= 0.3 is 0 Å². The average Bonchev–Trinajstić information content (AvgIpc) is 2.81. The van der Waals surface area contributed by atoms with Crippen LogP contribution in [0.5, 0.6) is 34.5 Å². The summed E-state index contributed by atoms with van der Waals surface area (Å²) in [6.45, 7) is -0.776. The van der Waals surface area contributed by atoms with Crippen molar-refractivity contribution in [2.24, 2.45) is 0 Å². The standard InChI is InChI=1S/C21H20O13/c22-5-11-13(26)15(28)18(31)21(33-11)34-20-17(30)16(29)14(27)12-9(25)4-10(32-19(12)20)6-1-2-7(23)8(24)3-6/h1-4,11,13,15,18,21-24,26-31H,5H2. The second-order valence-electron chi connectivity index (χ2n) is 7.57. The molecule has 3 aromatic rings. The van der Waals surface area contributed by atoms with Crippen molar-refractivity contribution in [2.45, 2.75) is 30.7 Å². The van der Waals surface area contributed by atoms with Gasteiger partial charge in [0.2, 0.25) is 23.5 Å². The van der Waals surface area contributed by atoms with Gasteiger partial charge in [0.1, 0.15) is 35.6 Å². The van der Waals surface area contributed by atoms with Gasteiger partial charge in [-0.1, -0.05) is 0 Å². The van der Waals surface area contributed by atoms with Crippen LogP contribution < -0.4 is 10.2 Å². The molecule has 1 fully saturated rings. The first kappa shape index (κ1) is 23.4. The van der Waals surface area contributed by atoms with E-state index in [0.717, 1.165) is 18.2 Å². The van der Waals surface area contributed by atoms with Gasteiger partial charge in [-0.05, 0) is 18.2 Å².